The van der Waals surface area contributed by atoms with Gasteiger partial charge in [0.2, 0.25) is 5.91 Å². The summed E-state index contributed by atoms with van der Waals surface area (Å²) in [6.07, 6.45) is 0. The fourth-order valence-corrected chi connectivity index (χ4v) is 1.37. The largest absolute Gasteiger partial charge is 0.595 e. The van der Waals surface area contributed by atoms with E-state index in [2.05, 4.69) is 0 Å². The van der Waals surface area contributed by atoms with Crippen LogP contribution >= 0.6 is 0 Å². The number of hydrogen-bond donors (Lipinski definition) is 3. The van der Waals surface area contributed by atoms with Crippen LogP contribution in [-0.4, -0.2) is 34.5 Å². The number of carbonyl (C=O) groups is 2. The normalized spacial score (nSPS) is 12.9. The summed E-state index contributed by atoms with van der Waals surface area (Å²) < 4.78 is 0. The summed E-state index contributed by atoms with van der Waals surface area (Å²) in [5, 5.41) is 18.4. The Kier molecular flexibility index (Phi) is 4.25. The van der Waals surface area contributed by atoms with Gasteiger partial charge >= 0.3 is 0 Å². The van der Waals surface area contributed by atoms with Gasteiger partial charge in [0.15, 0.2) is 5.69 Å². The number of hydrogen-bond acceptors (Lipinski definition) is 4. The quantitative estimate of drug-likeness (QED) is 0.634. The van der Waals surface area contributed by atoms with Crippen LogP contribution in [0.1, 0.15) is 24.2 Å². The number of nitrogens with zero attached hydrogens (tertiary/aromatic N) is 1. The lowest BCUT2D eigenvalue weighted by Gasteiger charge is -2.32. The standard InChI is InChI=1S/C12H17N3O4/c1-12(2,11(13)17)14(3)10(16)8-4-6-9(7-5-8)15(18)19/h4-7,15,18H,1-3H3,(H2,13,17). The van der Waals surface area contributed by atoms with Gasteiger partial charge in [-0.2, -0.15) is 5.23 Å². The monoisotopic (exact) mass is 267 g/mol. The van der Waals surface area contributed by atoms with Crippen molar-refractivity contribution in [3.05, 3.63) is 35.0 Å². The van der Waals surface area contributed by atoms with Crippen LogP contribution in [0.15, 0.2) is 24.3 Å². The van der Waals surface area contributed by atoms with Crippen LogP contribution in [0, 0.1) is 5.21 Å². The first-order valence-electron chi connectivity index (χ1n) is 5.59. The minimum atomic E-state index is -1.12. The predicted molar refractivity (Wildman–Crippen MR) is 67.6 cm³/mol. The Bertz CT molecular complexity index is 482. The highest BCUT2D eigenvalue weighted by atomic mass is 16.8. The molecule has 1 rings (SSSR count). The van der Waals surface area contributed by atoms with Gasteiger partial charge in [-0.1, -0.05) is 0 Å². The molecule has 1 aromatic rings. The van der Waals surface area contributed by atoms with E-state index in [9.17, 15) is 14.8 Å². The fourth-order valence-electron chi connectivity index (χ4n) is 1.37. The van der Waals surface area contributed by atoms with Crippen molar-refractivity contribution in [3.63, 3.8) is 0 Å². The van der Waals surface area contributed by atoms with E-state index in [1.54, 1.807) is 13.8 Å². The number of primary amides is 1. The van der Waals surface area contributed by atoms with E-state index < -0.39 is 22.6 Å². The molecule has 0 radical (unpaired) electrons. The summed E-state index contributed by atoms with van der Waals surface area (Å²) in [5.41, 5.74) is 4.50. The molecular weight excluding hydrogens is 250 g/mol. The molecule has 19 heavy (non-hydrogen) atoms. The van der Waals surface area contributed by atoms with E-state index in [-0.39, 0.29) is 5.69 Å². The highest BCUT2D eigenvalue weighted by molar-refractivity contribution is 5.98. The van der Waals surface area contributed by atoms with E-state index in [0.29, 0.717) is 5.56 Å². The van der Waals surface area contributed by atoms with Crippen molar-refractivity contribution in [2.75, 3.05) is 7.05 Å². The lowest BCUT2D eigenvalue weighted by molar-refractivity contribution is -0.991. The highest BCUT2D eigenvalue weighted by Gasteiger charge is 2.33. The molecule has 4 N–H and O–H groups in total. The van der Waals surface area contributed by atoms with Crippen molar-refractivity contribution in [1.29, 1.82) is 0 Å². The molecule has 1 unspecified atom stereocenters. The molecule has 0 aliphatic carbocycles. The van der Waals surface area contributed by atoms with Gasteiger partial charge < -0.3 is 15.8 Å². The van der Waals surface area contributed by atoms with Gasteiger partial charge in [0.1, 0.15) is 5.54 Å². The van der Waals surface area contributed by atoms with E-state index >= 15 is 0 Å². The molecule has 0 aromatic heterocycles. The topological polar surface area (TPSA) is 111 Å². The van der Waals surface area contributed by atoms with E-state index in [1.165, 1.54) is 36.2 Å². The smallest absolute Gasteiger partial charge is 0.254 e. The number of carbonyl (C=O) groups excluding carboxylic acids is 2. The summed E-state index contributed by atoms with van der Waals surface area (Å²) in [4.78, 5) is 24.7. The lowest BCUT2D eigenvalue weighted by Crippen LogP contribution is -2.99. The first-order chi connectivity index (χ1) is 8.67. The lowest BCUT2D eigenvalue weighted by atomic mass is 10.0. The van der Waals surface area contributed by atoms with Gasteiger partial charge in [-0.05, 0) is 26.0 Å². The maximum atomic E-state index is 12.1. The van der Waals surface area contributed by atoms with Crippen LogP contribution in [0.5, 0.6) is 0 Å². The Labute approximate surface area is 110 Å². The number of quaternary nitrogens is 1. The molecule has 7 nitrogen and oxygen atoms in total. The van der Waals surface area contributed by atoms with Gasteiger partial charge in [0, 0.05) is 24.7 Å². The zero-order valence-electron chi connectivity index (χ0n) is 11.0. The van der Waals surface area contributed by atoms with E-state index in [4.69, 9.17) is 10.9 Å². The number of likely N-dealkylation sites (N-methyl/N-ethyl adjacent to an activating group) is 1. The van der Waals surface area contributed by atoms with Crippen LogP contribution in [0.25, 0.3) is 0 Å². The molecule has 0 spiro atoms. The highest BCUT2D eigenvalue weighted by Crippen LogP contribution is 2.16. The molecule has 2 amide bonds. The van der Waals surface area contributed by atoms with Crippen LogP contribution in [-0.2, 0) is 4.79 Å². The summed E-state index contributed by atoms with van der Waals surface area (Å²) in [6.45, 7) is 3.08. The SMILES string of the molecule is CN(C(=O)c1ccc([NH+]([O-])O)cc1)C(C)(C)C(N)=O. The van der Waals surface area contributed by atoms with Gasteiger partial charge in [0.05, 0.1) is 0 Å². The molecule has 1 aromatic carbocycles. The average Bonchev–Trinajstić information content (AvgIpc) is 2.36. The average molecular weight is 267 g/mol. The number of benzene rings is 1. The van der Waals surface area contributed by atoms with Gasteiger partial charge in [-0.15, -0.1) is 0 Å². The summed E-state index contributed by atoms with van der Waals surface area (Å²) in [7, 11) is 1.47. The molecule has 0 heterocycles. The van der Waals surface area contributed by atoms with Crippen molar-refractivity contribution in [2.45, 2.75) is 19.4 Å². The number of rotatable bonds is 4. The molecule has 0 aliphatic rings. The zero-order valence-corrected chi connectivity index (χ0v) is 11.0. The fraction of sp³-hybridized carbons (Fsp3) is 0.333. The number of amides is 2. The first-order valence-corrected chi connectivity index (χ1v) is 5.59. The molecule has 0 bridgehead atoms. The summed E-state index contributed by atoms with van der Waals surface area (Å²) in [5.74, 6) is -1.02. The second-order valence-electron chi connectivity index (χ2n) is 4.67. The second-order valence-corrected chi connectivity index (χ2v) is 4.67. The van der Waals surface area contributed by atoms with Crippen LogP contribution in [0.2, 0.25) is 0 Å². The van der Waals surface area contributed by atoms with Gasteiger partial charge in [-0.25, -0.2) is 5.21 Å². The van der Waals surface area contributed by atoms with Crippen LogP contribution in [0.4, 0.5) is 5.69 Å². The van der Waals surface area contributed by atoms with Crippen molar-refractivity contribution in [3.8, 4) is 0 Å². The first kappa shape index (κ1) is 15.1. The Hall–Kier alpha value is -1.96. The molecule has 0 fully saturated rings. The molecular formula is C12H17N3O4. The van der Waals surface area contributed by atoms with E-state index in [0.717, 1.165) is 0 Å². The third-order valence-corrected chi connectivity index (χ3v) is 3.12. The maximum Gasteiger partial charge on any atom is 0.254 e. The summed E-state index contributed by atoms with van der Waals surface area (Å²) >= 11 is 0. The van der Waals surface area contributed by atoms with Gasteiger partial charge in [-0.3, -0.25) is 9.59 Å². The summed E-state index contributed by atoms with van der Waals surface area (Å²) in [6, 6.07) is 5.47. The third-order valence-electron chi connectivity index (χ3n) is 3.12. The van der Waals surface area contributed by atoms with Gasteiger partial charge in [0.25, 0.3) is 5.91 Å². The van der Waals surface area contributed by atoms with Crippen LogP contribution in [0.3, 0.4) is 0 Å². The number of nitrogens with two attached hydrogens (primary N) is 1. The molecule has 104 valence electrons. The van der Waals surface area contributed by atoms with Crippen molar-refractivity contribution in [2.24, 2.45) is 5.73 Å². The maximum absolute atomic E-state index is 12.1. The molecule has 0 saturated heterocycles. The molecule has 1 atom stereocenters. The second kappa shape index (κ2) is 5.35. The van der Waals surface area contributed by atoms with Crippen LogP contribution < -0.4 is 11.0 Å². The minimum Gasteiger partial charge on any atom is -0.595 e. The zero-order chi connectivity index (χ0) is 14.8. The van der Waals surface area contributed by atoms with Crippen molar-refractivity contribution in [1.82, 2.24) is 4.90 Å². The minimum absolute atomic E-state index is 0.0911. The third kappa shape index (κ3) is 3.08. The molecule has 7 heteroatoms. The Balaban J connectivity index is 2.98. The molecule has 0 aliphatic heterocycles. The van der Waals surface area contributed by atoms with E-state index in [1.807, 2.05) is 0 Å². The Morgan fingerprint density at radius 1 is 1.32 bits per heavy atom. The number of nitrogens with one attached hydrogen (secondary N) is 1. The predicted octanol–water partition coefficient (Wildman–Crippen LogP) is -0.574. The van der Waals surface area contributed by atoms with Crippen molar-refractivity contribution < 1.29 is 20.0 Å². The Morgan fingerprint density at radius 2 is 1.79 bits per heavy atom. The van der Waals surface area contributed by atoms with Crippen molar-refractivity contribution >= 4 is 17.5 Å². The molecule has 0 saturated carbocycles. The Morgan fingerprint density at radius 3 is 2.16 bits per heavy atom.